The molecule has 1 aliphatic carbocycles. The van der Waals surface area contributed by atoms with E-state index < -0.39 is 17.6 Å². The van der Waals surface area contributed by atoms with E-state index in [9.17, 15) is 19.5 Å². The molecule has 184 valence electrons. The zero-order valence-corrected chi connectivity index (χ0v) is 20.5. The molecule has 2 aromatic rings. The van der Waals surface area contributed by atoms with E-state index in [1.54, 1.807) is 16.8 Å². The van der Waals surface area contributed by atoms with Gasteiger partial charge in [0.2, 0.25) is 5.91 Å². The molecule has 2 amide bonds. The first-order valence-corrected chi connectivity index (χ1v) is 12.1. The van der Waals surface area contributed by atoms with Gasteiger partial charge in [0.15, 0.2) is 0 Å². The van der Waals surface area contributed by atoms with Crippen LogP contribution in [0.2, 0.25) is 0 Å². The summed E-state index contributed by atoms with van der Waals surface area (Å²) in [7, 11) is 1.74. The zero-order valence-electron chi connectivity index (χ0n) is 20.5. The number of para-hydroxylation sites is 1. The second-order valence-corrected chi connectivity index (χ2v) is 10.7. The highest BCUT2D eigenvalue weighted by molar-refractivity contribution is 5.90. The van der Waals surface area contributed by atoms with Gasteiger partial charge in [0.1, 0.15) is 11.6 Å². The third kappa shape index (κ3) is 5.05. The van der Waals surface area contributed by atoms with Crippen LogP contribution in [0, 0.1) is 11.8 Å². The summed E-state index contributed by atoms with van der Waals surface area (Å²) >= 11 is 0. The Morgan fingerprint density at radius 1 is 1.15 bits per heavy atom. The smallest absolute Gasteiger partial charge is 0.410 e. The molecule has 0 unspecified atom stereocenters. The molecule has 0 radical (unpaired) electrons. The van der Waals surface area contributed by atoms with Crippen molar-refractivity contribution in [2.75, 3.05) is 13.6 Å². The van der Waals surface area contributed by atoms with Crippen LogP contribution in [0.15, 0.2) is 24.3 Å². The molecule has 1 aromatic carbocycles. The minimum absolute atomic E-state index is 0.0735. The van der Waals surface area contributed by atoms with E-state index in [-0.39, 0.29) is 17.9 Å². The van der Waals surface area contributed by atoms with Crippen LogP contribution >= 0.6 is 0 Å². The summed E-state index contributed by atoms with van der Waals surface area (Å²) in [6, 6.07) is 7.01. The maximum absolute atomic E-state index is 13.5. The van der Waals surface area contributed by atoms with E-state index in [1.165, 1.54) is 0 Å². The maximum Gasteiger partial charge on any atom is 0.410 e. The Kier molecular flexibility index (Phi) is 6.60. The number of aliphatic carboxylic acids is 1. The van der Waals surface area contributed by atoms with Gasteiger partial charge < -0.3 is 24.6 Å². The van der Waals surface area contributed by atoms with Gasteiger partial charge in [-0.3, -0.25) is 4.79 Å². The Bertz CT molecular complexity index is 1080. The van der Waals surface area contributed by atoms with Crippen LogP contribution in [0.1, 0.15) is 57.7 Å². The standard InChI is InChI=1S/C26H35N3O5/c1-26(2,3)34-25(33)28(4)14-16-9-11-17(12-10-16)23(30)29-15-21-19(13-22(29)24(31)32)18-7-5-6-8-20(18)27-21/h5-8,16-17,22,27H,9-15H2,1-4H3,(H,31,32)/t16?,17?,22-/m0/s1. The van der Waals surface area contributed by atoms with Gasteiger partial charge in [-0.2, -0.15) is 0 Å². The number of benzene rings is 1. The number of hydrogen-bond acceptors (Lipinski definition) is 4. The molecule has 8 nitrogen and oxygen atoms in total. The van der Waals surface area contributed by atoms with Crippen LogP contribution in [0.25, 0.3) is 10.9 Å². The summed E-state index contributed by atoms with van der Waals surface area (Å²) < 4.78 is 5.43. The van der Waals surface area contributed by atoms with Gasteiger partial charge in [-0.25, -0.2) is 9.59 Å². The topological polar surface area (TPSA) is 103 Å². The number of carbonyl (C=O) groups is 3. The lowest BCUT2D eigenvalue weighted by Crippen LogP contribution is -2.51. The molecule has 8 heteroatoms. The molecular formula is C26H35N3O5. The van der Waals surface area contributed by atoms with Gasteiger partial charge >= 0.3 is 12.1 Å². The van der Waals surface area contributed by atoms with Gasteiger partial charge in [-0.05, 0) is 64.0 Å². The lowest BCUT2D eigenvalue weighted by atomic mass is 9.80. The van der Waals surface area contributed by atoms with Gasteiger partial charge in [0.05, 0.1) is 6.54 Å². The molecule has 0 saturated heterocycles. The Morgan fingerprint density at radius 3 is 2.47 bits per heavy atom. The summed E-state index contributed by atoms with van der Waals surface area (Å²) in [6.07, 6.45) is 3.04. The van der Waals surface area contributed by atoms with Gasteiger partial charge in [-0.15, -0.1) is 0 Å². The molecule has 1 fully saturated rings. The number of ether oxygens (including phenoxy) is 1. The fourth-order valence-corrected chi connectivity index (χ4v) is 5.29. The Balaban J connectivity index is 1.39. The average molecular weight is 470 g/mol. The summed E-state index contributed by atoms with van der Waals surface area (Å²) in [6.45, 7) is 6.43. The summed E-state index contributed by atoms with van der Waals surface area (Å²) in [5, 5.41) is 10.9. The fourth-order valence-electron chi connectivity index (χ4n) is 5.29. The van der Waals surface area contributed by atoms with Crippen LogP contribution < -0.4 is 0 Å². The van der Waals surface area contributed by atoms with Crippen molar-refractivity contribution >= 4 is 28.9 Å². The maximum atomic E-state index is 13.5. The monoisotopic (exact) mass is 469 g/mol. The zero-order chi connectivity index (χ0) is 24.6. The van der Waals surface area contributed by atoms with Crippen molar-refractivity contribution in [1.29, 1.82) is 0 Å². The van der Waals surface area contributed by atoms with Crippen molar-refractivity contribution in [2.24, 2.45) is 11.8 Å². The molecule has 1 saturated carbocycles. The van der Waals surface area contributed by atoms with Gasteiger partial charge in [0.25, 0.3) is 0 Å². The number of H-pyrrole nitrogens is 1. The lowest BCUT2D eigenvalue weighted by molar-refractivity contribution is -0.154. The van der Waals surface area contributed by atoms with E-state index in [4.69, 9.17) is 4.74 Å². The predicted molar refractivity (Wildman–Crippen MR) is 128 cm³/mol. The Labute approximate surface area is 200 Å². The van der Waals surface area contributed by atoms with Gasteiger partial charge in [0, 0.05) is 42.5 Å². The van der Waals surface area contributed by atoms with Crippen LogP contribution in [-0.4, -0.2) is 63.1 Å². The van der Waals surface area contributed by atoms with Crippen molar-refractivity contribution in [3.8, 4) is 0 Å². The first-order chi connectivity index (χ1) is 16.0. The number of aromatic amines is 1. The molecule has 2 aliphatic rings. The van der Waals surface area contributed by atoms with Crippen molar-refractivity contribution in [1.82, 2.24) is 14.8 Å². The van der Waals surface area contributed by atoms with E-state index >= 15 is 0 Å². The molecule has 2 N–H and O–H groups in total. The second-order valence-electron chi connectivity index (χ2n) is 10.7. The van der Waals surface area contributed by atoms with Crippen LogP contribution in [0.3, 0.4) is 0 Å². The minimum Gasteiger partial charge on any atom is -0.480 e. The van der Waals surface area contributed by atoms with Crippen LogP contribution in [0.5, 0.6) is 0 Å². The highest BCUT2D eigenvalue weighted by Crippen LogP contribution is 2.35. The Hall–Kier alpha value is -3.03. The number of nitrogens with zero attached hydrogens (tertiary/aromatic N) is 2. The molecule has 1 aliphatic heterocycles. The molecule has 2 heterocycles. The SMILES string of the molecule is CN(CC1CCC(C(=O)N2Cc3[nH]c4ccccc4c3C[C@H]2C(=O)O)CC1)C(=O)OC(C)(C)C. The molecule has 1 aromatic heterocycles. The predicted octanol–water partition coefficient (Wildman–Crippen LogP) is 4.18. The normalized spacial score (nSPS) is 22.8. The number of nitrogens with one attached hydrogen (secondary N) is 1. The quantitative estimate of drug-likeness (QED) is 0.699. The number of carbonyl (C=O) groups excluding carboxylic acids is 2. The summed E-state index contributed by atoms with van der Waals surface area (Å²) in [4.78, 5) is 44.4. The highest BCUT2D eigenvalue weighted by Gasteiger charge is 2.40. The minimum atomic E-state index is -0.961. The lowest BCUT2D eigenvalue weighted by Gasteiger charge is -2.38. The van der Waals surface area contributed by atoms with E-state index in [2.05, 4.69) is 4.98 Å². The molecule has 4 rings (SSSR count). The summed E-state index contributed by atoms with van der Waals surface area (Å²) in [5.41, 5.74) is 2.37. The molecular weight excluding hydrogens is 434 g/mol. The van der Waals surface area contributed by atoms with Crippen molar-refractivity contribution in [3.63, 3.8) is 0 Å². The number of aromatic nitrogens is 1. The second kappa shape index (κ2) is 9.31. The first-order valence-electron chi connectivity index (χ1n) is 12.1. The molecule has 0 spiro atoms. The van der Waals surface area contributed by atoms with E-state index in [1.807, 2.05) is 45.0 Å². The van der Waals surface area contributed by atoms with Crippen molar-refractivity contribution < 1.29 is 24.2 Å². The number of fused-ring (bicyclic) bond motifs is 3. The van der Waals surface area contributed by atoms with Crippen LogP contribution in [0.4, 0.5) is 4.79 Å². The van der Waals surface area contributed by atoms with Crippen LogP contribution in [-0.2, 0) is 27.3 Å². The first kappa shape index (κ1) is 24.1. The molecule has 1 atom stereocenters. The fraction of sp³-hybridized carbons (Fsp3) is 0.577. The Morgan fingerprint density at radius 2 is 1.82 bits per heavy atom. The highest BCUT2D eigenvalue weighted by atomic mass is 16.6. The van der Waals surface area contributed by atoms with E-state index in [0.29, 0.717) is 38.3 Å². The largest absolute Gasteiger partial charge is 0.480 e. The average Bonchev–Trinajstić information content (AvgIpc) is 3.14. The third-order valence-corrected chi connectivity index (χ3v) is 7.01. The number of carboxylic acid groups (broad SMARTS) is 1. The van der Waals surface area contributed by atoms with Gasteiger partial charge in [-0.1, -0.05) is 18.2 Å². The molecule has 34 heavy (non-hydrogen) atoms. The number of hydrogen-bond donors (Lipinski definition) is 2. The number of carboxylic acids is 1. The van der Waals surface area contributed by atoms with Crippen molar-refractivity contribution in [3.05, 3.63) is 35.5 Å². The summed E-state index contributed by atoms with van der Waals surface area (Å²) in [5.74, 6) is -0.915. The van der Waals surface area contributed by atoms with E-state index in [0.717, 1.165) is 35.0 Å². The van der Waals surface area contributed by atoms with Crippen molar-refractivity contribution in [2.45, 2.75) is 71.1 Å². The molecule has 0 bridgehead atoms. The third-order valence-electron chi connectivity index (χ3n) is 7.01. The number of rotatable bonds is 4. The number of amides is 2.